The molecule has 37 heavy (non-hydrogen) atoms. The molecule has 6 atom stereocenters. The maximum Gasteiger partial charge on any atom is 0.235 e. The Labute approximate surface area is 216 Å². The maximum atomic E-state index is 13.1. The van der Waals surface area contributed by atoms with Gasteiger partial charge in [-0.2, -0.15) is 0 Å². The summed E-state index contributed by atoms with van der Waals surface area (Å²) in [5.74, 6) is 2.93. The van der Waals surface area contributed by atoms with Crippen molar-refractivity contribution in [3.05, 3.63) is 36.0 Å². The average Bonchev–Trinajstić information content (AvgIpc) is 3.43. The largest absolute Gasteiger partial charge is 0.497 e. The fourth-order valence-corrected chi connectivity index (χ4v) is 7.23. The number of hydrogen-bond donors (Lipinski definition) is 4. The lowest BCUT2D eigenvalue weighted by molar-refractivity contribution is -0.118. The van der Waals surface area contributed by atoms with Gasteiger partial charge in [0.05, 0.1) is 30.2 Å². The van der Waals surface area contributed by atoms with Gasteiger partial charge < -0.3 is 20.1 Å². The number of amides is 1. The molecule has 10 nitrogen and oxygen atoms in total. The molecule has 2 saturated carbocycles. The van der Waals surface area contributed by atoms with Gasteiger partial charge in [0.1, 0.15) is 5.75 Å². The average molecular weight is 528 g/mol. The van der Waals surface area contributed by atoms with Crippen LogP contribution in [0.4, 0.5) is 11.5 Å². The van der Waals surface area contributed by atoms with Crippen LogP contribution in [0.2, 0.25) is 0 Å². The minimum atomic E-state index is -3.38. The summed E-state index contributed by atoms with van der Waals surface area (Å²) in [6.45, 7) is 2.26. The number of carbonyl (C=O) groups excluding carboxylic acids is 1. The fourth-order valence-electron chi connectivity index (χ4n) is 6.67. The number of benzene rings is 1. The third kappa shape index (κ3) is 4.04. The van der Waals surface area contributed by atoms with Crippen LogP contribution in [0.3, 0.4) is 0 Å². The molecule has 3 heterocycles. The van der Waals surface area contributed by atoms with Gasteiger partial charge in [-0.15, -0.1) is 0 Å². The number of hydrogen-bond acceptors (Lipinski definition) is 9. The number of sulfone groups is 1. The van der Waals surface area contributed by atoms with Crippen LogP contribution in [0.1, 0.15) is 38.2 Å². The lowest BCUT2D eigenvalue weighted by Crippen LogP contribution is -2.39. The van der Waals surface area contributed by atoms with E-state index < -0.39 is 15.3 Å². The minimum absolute atomic E-state index is 0.0744. The topological polar surface area (TPSA) is 131 Å². The van der Waals surface area contributed by atoms with Gasteiger partial charge in [0, 0.05) is 36.2 Å². The molecule has 2 aliphatic carbocycles. The number of rotatable bonds is 7. The molecular weight excluding hydrogens is 494 g/mol. The number of fused-ring (bicyclic) bond motifs is 3. The van der Waals surface area contributed by atoms with Crippen LogP contribution in [0.25, 0.3) is 0 Å². The molecule has 4 N–H and O–H groups in total. The van der Waals surface area contributed by atoms with Crippen LogP contribution in [0.5, 0.6) is 11.5 Å². The number of ether oxygens (including phenoxy) is 2. The quantitative estimate of drug-likeness (QED) is 0.429. The number of carbonyl (C=O) groups is 1. The summed E-state index contributed by atoms with van der Waals surface area (Å²) in [4.78, 5) is 17.6. The molecule has 0 bridgehead atoms. The molecule has 1 amide bonds. The molecule has 0 radical (unpaired) electrons. The Morgan fingerprint density at radius 3 is 2.81 bits per heavy atom. The Bertz CT molecular complexity index is 1350. The van der Waals surface area contributed by atoms with Crippen molar-refractivity contribution in [2.75, 3.05) is 30.6 Å². The molecule has 6 rings (SSSR count). The van der Waals surface area contributed by atoms with Crippen molar-refractivity contribution in [3.63, 3.8) is 0 Å². The van der Waals surface area contributed by atoms with E-state index in [-0.39, 0.29) is 23.0 Å². The highest BCUT2D eigenvalue weighted by molar-refractivity contribution is 7.90. The van der Waals surface area contributed by atoms with Gasteiger partial charge in [-0.1, -0.05) is 0 Å². The Kier molecular flexibility index (Phi) is 5.85. The third-order valence-electron chi connectivity index (χ3n) is 8.59. The monoisotopic (exact) mass is 527 g/mol. The number of anilines is 2. The van der Waals surface area contributed by atoms with Crippen molar-refractivity contribution >= 4 is 27.2 Å². The van der Waals surface area contributed by atoms with Gasteiger partial charge in [0.15, 0.2) is 21.4 Å². The van der Waals surface area contributed by atoms with E-state index in [0.29, 0.717) is 35.9 Å². The lowest BCUT2D eigenvalue weighted by atomic mass is 9.74. The number of nitrogens with zero attached hydrogens (tertiary/aromatic N) is 1. The standard InChI is InChI=1S/C26H33N5O5S/c1-4-36-22-11-16(37(3,33)34)13-27-24(22)29-23-17-7-5-14(9-21(17)30-31-23)19-12-26(19)18-10-15(35-2)6-8-20(18)28-25(26)32/h6,8,10-11,13-14,17,19,21,23,30-31H,4-5,7,9,12H2,1-3H3,(H,27,29)(H,28,32)/t14?,17?,19-,21?,23?,26-/m0/s1. The van der Waals surface area contributed by atoms with Crippen LogP contribution < -0.4 is 31.0 Å². The summed E-state index contributed by atoms with van der Waals surface area (Å²) in [5, 5.41) is 6.52. The zero-order chi connectivity index (χ0) is 25.9. The molecule has 4 unspecified atom stereocenters. The molecule has 198 valence electrons. The van der Waals surface area contributed by atoms with E-state index in [1.54, 1.807) is 7.11 Å². The summed E-state index contributed by atoms with van der Waals surface area (Å²) < 4.78 is 35.1. The second-order valence-corrected chi connectivity index (χ2v) is 12.6. The summed E-state index contributed by atoms with van der Waals surface area (Å²) in [6.07, 6.45) is 6.35. The summed E-state index contributed by atoms with van der Waals surface area (Å²) >= 11 is 0. The first-order valence-electron chi connectivity index (χ1n) is 12.8. The Balaban J connectivity index is 1.15. The van der Waals surface area contributed by atoms with E-state index in [1.165, 1.54) is 12.3 Å². The molecule has 1 saturated heterocycles. The molecule has 11 heteroatoms. The number of methoxy groups -OCH3 is 1. The second-order valence-electron chi connectivity index (χ2n) is 10.6. The smallest absolute Gasteiger partial charge is 0.235 e. The van der Waals surface area contributed by atoms with E-state index in [2.05, 4.69) is 26.5 Å². The van der Waals surface area contributed by atoms with E-state index in [4.69, 9.17) is 9.47 Å². The Morgan fingerprint density at radius 2 is 2.05 bits per heavy atom. The molecule has 1 aromatic heterocycles. The van der Waals surface area contributed by atoms with Crippen molar-refractivity contribution in [2.45, 2.75) is 55.1 Å². The first-order valence-corrected chi connectivity index (χ1v) is 14.7. The van der Waals surface area contributed by atoms with E-state index in [9.17, 15) is 13.2 Å². The molecule has 1 aromatic carbocycles. The third-order valence-corrected chi connectivity index (χ3v) is 9.67. The predicted molar refractivity (Wildman–Crippen MR) is 138 cm³/mol. The molecule has 1 spiro atoms. The number of hydrazine groups is 1. The summed E-state index contributed by atoms with van der Waals surface area (Å²) in [7, 11) is -1.73. The Morgan fingerprint density at radius 1 is 1.22 bits per heavy atom. The second kappa shape index (κ2) is 8.85. The predicted octanol–water partition coefficient (Wildman–Crippen LogP) is 2.43. The van der Waals surface area contributed by atoms with Crippen molar-refractivity contribution in [1.82, 2.24) is 15.8 Å². The van der Waals surface area contributed by atoms with Crippen LogP contribution >= 0.6 is 0 Å². The van der Waals surface area contributed by atoms with Crippen molar-refractivity contribution in [3.8, 4) is 11.5 Å². The molecule has 3 fully saturated rings. The normalized spacial score (nSPS) is 32.0. The van der Waals surface area contributed by atoms with Crippen LogP contribution in [-0.4, -0.2) is 51.5 Å². The highest BCUT2D eigenvalue weighted by Crippen LogP contribution is 2.65. The minimum Gasteiger partial charge on any atom is -0.497 e. The zero-order valence-electron chi connectivity index (χ0n) is 21.2. The van der Waals surface area contributed by atoms with E-state index in [1.807, 2.05) is 25.1 Å². The lowest BCUT2D eigenvalue weighted by Gasteiger charge is -2.34. The van der Waals surface area contributed by atoms with Crippen LogP contribution in [0.15, 0.2) is 35.4 Å². The summed E-state index contributed by atoms with van der Waals surface area (Å²) in [6, 6.07) is 7.64. The SMILES string of the molecule is CCOc1cc(S(C)(=O)=O)cnc1NC1NNC2CC([C@@H]3C[C@@]34C(=O)Nc3ccc(OC)cc34)CCC21. The highest BCUT2D eigenvalue weighted by atomic mass is 32.2. The van der Waals surface area contributed by atoms with E-state index in [0.717, 1.165) is 48.9 Å². The van der Waals surface area contributed by atoms with Crippen molar-refractivity contribution < 1.29 is 22.7 Å². The molecule has 2 aliphatic heterocycles. The first kappa shape index (κ1) is 24.4. The zero-order valence-corrected chi connectivity index (χ0v) is 22.0. The Hall–Kier alpha value is -2.89. The van der Waals surface area contributed by atoms with Crippen molar-refractivity contribution in [1.29, 1.82) is 0 Å². The highest BCUT2D eigenvalue weighted by Gasteiger charge is 2.67. The number of pyridine rings is 1. The van der Waals surface area contributed by atoms with Gasteiger partial charge in [-0.3, -0.25) is 10.2 Å². The fraction of sp³-hybridized carbons (Fsp3) is 0.538. The van der Waals surface area contributed by atoms with Gasteiger partial charge >= 0.3 is 0 Å². The number of aromatic nitrogens is 1. The van der Waals surface area contributed by atoms with Crippen LogP contribution in [-0.2, 0) is 20.0 Å². The van der Waals surface area contributed by atoms with Crippen LogP contribution in [0, 0.1) is 17.8 Å². The molecule has 4 aliphatic rings. The molecule has 2 aromatic rings. The van der Waals surface area contributed by atoms with Gasteiger partial charge in [-0.05, 0) is 68.2 Å². The van der Waals surface area contributed by atoms with Gasteiger partial charge in [-0.25, -0.2) is 18.8 Å². The summed E-state index contributed by atoms with van der Waals surface area (Å²) in [5.41, 5.74) is 8.39. The first-order chi connectivity index (χ1) is 17.7. The number of nitrogens with one attached hydrogen (secondary N) is 4. The maximum absolute atomic E-state index is 13.1. The van der Waals surface area contributed by atoms with Crippen molar-refractivity contribution in [2.24, 2.45) is 17.8 Å². The van der Waals surface area contributed by atoms with E-state index >= 15 is 0 Å². The molecular formula is C26H33N5O5S. The van der Waals surface area contributed by atoms with Gasteiger partial charge in [0.2, 0.25) is 5.91 Å². The van der Waals surface area contributed by atoms with Gasteiger partial charge in [0.25, 0.3) is 0 Å².